The van der Waals surface area contributed by atoms with Crippen LogP contribution in [-0.4, -0.2) is 48.6 Å². The number of hydrogen-bond donors (Lipinski definition) is 1. The van der Waals surface area contributed by atoms with Crippen molar-refractivity contribution in [2.45, 2.75) is 43.5 Å². The van der Waals surface area contributed by atoms with Crippen LogP contribution in [0.15, 0.2) is 29.2 Å². The van der Waals surface area contributed by atoms with Crippen LogP contribution in [0.4, 0.5) is 0 Å². The van der Waals surface area contributed by atoms with E-state index in [-0.39, 0.29) is 35.6 Å². The Labute approximate surface area is 136 Å². The Bertz CT molecular complexity index is 677. The van der Waals surface area contributed by atoms with Crippen molar-refractivity contribution in [2.75, 3.05) is 12.3 Å². The van der Waals surface area contributed by atoms with Crippen LogP contribution in [0.25, 0.3) is 0 Å². The molecule has 1 fully saturated rings. The number of nitrogens with zero attached hydrogens (tertiary/aromatic N) is 1. The molecule has 0 aliphatic heterocycles. The molecule has 1 saturated carbocycles. The van der Waals surface area contributed by atoms with Gasteiger partial charge in [-0.3, -0.25) is 9.59 Å². The van der Waals surface area contributed by atoms with Crippen LogP contribution in [-0.2, 0) is 25.8 Å². The average Bonchev–Trinajstić information content (AvgIpc) is 3.35. The highest BCUT2D eigenvalue weighted by Crippen LogP contribution is 2.27. The van der Waals surface area contributed by atoms with Crippen LogP contribution in [0.1, 0.15) is 31.7 Å². The van der Waals surface area contributed by atoms with Gasteiger partial charge in [-0.25, -0.2) is 8.42 Å². The number of carbonyl (C=O) groups excluding carboxylic acids is 1. The summed E-state index contributed by atoms with van der Waals surface area (Å²) in [6.45, 7) is 1.34. The molecule has 0 saturated heterocycles. The third-order valence-electron chi connectivity index (χ3n) is 3.90. The third kappa shape index (κ3) is 4.79. The van der Waals surface area contributed by atoms with Crippen molar-refractivity contribution in [3.05, 3.63) is 29.8 Å². The van der Waals surface area contributed by atoms with Gasteiger partial charge in [0.05, 0.1) is 10.6 Å². The quantitative estimate of drug-likeness (QED) is 0.775. The van der Waals surface area contributed by atoms with Crippen molar-refractivity contribution in [2.24, 2.45) is 0 Å². The Kier molecular flexibility index (Phi) is 5.41. The summed E-state index contributed by atoms with van der Waals surface area (Å²) < 4.78 is 23.5. The second kappa shape index (κ2) is 7.12. The summed E-state index contributed by atoms with van der Waals surface area (Å²) in [5.41, 5.74) is 0.861. The van der Waals surface area contributed by atoms with Crippen LogP contribution >= 0.6 is 0 Å². The molecule has 126 valence electrons. The molecule has 1 aromatic carbocycles. The molecule has 1 N–H and O–H groups in total. The first kappa shape index (κ1) is 17.5. The molecule has 7 heteroatoms. The van der Waals surface area contributed by atoms with E-state index in [1.54, 1.807) is 31.2 Å². The maximum absolute atomic E-state index is 12.2. The van der Waals surface area contributed by atoms with Gasteiger partial charge in [-0.1, -0.05) is 19.1 Å². The number of rotatable bonds is 8. The van der Waals surface area contributed by atoms with Gasteiger partial charge in [-0.05, 0) is 37.0 Å². The van der Waals surface area contributed by atoms with Crippen molar-refractivity contribution >= 4 is 21.7 Å². The second-order valence-corrected chi connectivity index (χ2v) is 7.97. The molecule has 6 nitrogen and oxygen atoms in total. The van der Waals surface area contributed by atoms with E-state index in [1.165, 1.54) is 4.90 Å². The van der Waals surface area contributed by atoms with Crippen molar-refractivity contribution in [3.63, 3.8) is 0 Å². The van der Waals surface area contributed by atoms with Crippen LogP contribution in [0.2, 0.25) is 0 Å². The van der Waals surface area contributed by atoms with E-state index in [0.29, 0.717) is 6.42 Å². The van der Waals surface area contributed by atoms with Crippen LogP contribution < -0.4 is 0 Å². The fraction of sp³-hybridized carbons (Fsp3) is 0.500. The Morgan fingerprint density at radius 2 is 1.83 bits per heavy atom. The Hall–Kier alpha value is -1.89. The predicted octanol–water partition coefficient (Wildman–Crippen LogP) is 1.49. The molecule has 0 atom stereocenters. The first-order chi connectivity index (χ1) is 10.8. The summed E-state index contributed by atoms with van der Waals surface area (Å²) in [5, 5.41) is 8.87. The smallest absolute Gasteiger partial charge is 0.323 e. The Morgan fingerprint density at radius 1 is 1.22 bits per heavy atom. The highest BCUT2D eigenvalue weighted by molar-refractivity contribution is 7.91. The normalized spacial score (nSPS) is 14.5. The van der Waals surface area contributed by atoms with Gasteiger partial charge in [0.15, 0.2) is 9.84 Å². The first-order valence-corrected chi connectivity index (χ1v) is 9.31. The summed E-state index contributed by atoms with van der Waals surface area (Å²) in [7, 11) is -3.22. The second-order valence-electron chi connectivity index (χ2n) is 5.69. The number of carbonyl (C=O) groups is 2. The van der Waals surface area contributed by atoms with Crippen molar-refractivity contribution in [3.8, 4) is 0 Å². The summed E-state index contributed by atoms with van der Waals surface area (Å²) in [5.74, 6) is -1.12. The summed E-state index contributed by atoms with van der Waals surface area (Å²) in [4.78, 5) is 24.7. The average molecular weight is 339 g/mol. The number of carboxylic acids is 1. The van der Waals surface area contributed by atoms with E-state index in [1.807, 2.05) is 0 Å². The van der Waals surface area contributed by atoms with Gasteiger partial charge >= 0.3 is 5.97 Å². The van der Waals surface area contributed by atoms with Gasteiger partial charge < -0.3 is 10.0 Å². The number of benzene rings is 1. The molecule has 0 unspecified atom stereocenters. The molecule has 0 radical (unpaired) electrons. The molecule has 0 spiro atoms. The minimum Gasteiger partial charge on any atom is -0.480 e. The van der Waals surface area contributed by atoms with Gasteiger partial charge in [-0.2, -0.15) is 0 Å². The lowest BCUT2D eigenvalue weighted by Crippen LogP contribution is -2.37. The predicted molar refractivity (Wildman–Crippen MR) is 84.9 cm³/mol. The highest BCUT2D eigenvalue weighted by atomic mass is 32.2. The summed E-state index contributed by atoms with van der Waals surface area (Å²) in [6.07, 6.45) is 2.42. The summed E-state index contributed by atoms with van der Waals surface area (Å²) in [6, 6.07) is 6.57. The van der Waals surface area contributed by atoms with Crippen molar-refractivity contribution < 1.29 is 23.1 Å². The van der Waals surface area contributed by atoms with Gasteiger partial charge in [-0.15, -0.1) is 0 Å². The fourth-order valence-electron chi connectivity index (χ4n) is 2.38. The van der Waals surface area contributed by atoms with E-state index in [9.17, 15) is 18.0 Å². The standard InChI is InChI=1S/C16H21NO5S/c1-2-23(21,22)14-8-3-12(4-9-14)5-10-15(18)17(11-16(19)20)13-6-7-13/h3-4,8-9,13H,2,5-7,10-11H2,1H3,(H,19,20). The van der Waals surface area contributed by atoms with Gasteiger partial charge in [0.25, 0.3) is 0 Å². The lowest BCUT2D eigenvalue weighted by Gasteiger charge is -2.20. The molecule has 0 aromatic heterocycles. The Balaban J connectivity index is 1.94. The van der Waals surface area contributed by atoms with Crippen LogP contribution in [0, 0.1) is 0 Å². The first-order valence-electron chi connectivity index (χ1n) is 7.66. The number of carboxylic acid groups (broad SMARTS) is 1. The molecular weight excluding hydrogens is 318 g/mol. The van der Waals surface area contributed by atoms with Crippen LogP contribution in [0.5, 0.6) is 0 Å². The van der Waals surface area contributed by atoms with E-state index >= 15 is 0 Å². The Morgan fingerprint density at radius 3 is 2.30 bits per heavy atom. The lowest BCUT2D eigenvalue weighted by molar-refractivity contribution is -0.144. The van der Waals surface area contributed by atoms with E-state index in [4.69, 9.17) is 5.11 Å². The zero-order chi connectivity index (χ0) is 17.0. The topological polar surface area (TPSA) is 91.8 Å². The van der Waals surface area contributed by atoms with Crippen LogP contribution in [0.3, 0.4) is 0 Å². The zero-order valence-electron chi connectivity index (χ0n) is 13.1. The monoisotopic (exact) mass is 339 g/mol. The maximum atomic E-state index is 12.2. The molecule has 1 amide bonds. The molecule has 1 aliphatic rings. The molecule has 1 aromatic rings. The summed E-state index contributed by atoms with van der Waals surface area (Å²) >= 11 is 0. The molecular formula is C16H21NO5S. The number of sulfone groups is 1. The number of hydrogen-bond acceptors (Lipinski definition) is 4. The molecule has 2 rings (SSSR count). The fourth-order valence-corrected chi connectivity index (χ4v) is 3.26. The lowest BCUT2D eigenvalue weighted by atomic mass is 10.1. The maximum Gasteiger partial charge on any atom is 0.323 e. The van der Waals surface area contributed by atoms with E-state index < -0.39 is 15.8 Å². The van der Waals surface area contributed by atoms with Crippen molar-refractivity contribution in [1.82, 2.24) is 4.90 Å². The number of aryl methyl sites for hydroxylation is 1. The van der Waals surface area contributed by atoms with Gasteiger partial charge in [0.1, 0.15) is 6.54 Å². The van der Waals surface area contributed by atoms with Gasteiger partial charge in [0.2, 0.25) is 5.91 Å². The number of aliphatic carboxylic acids is 1. The largest absolute Gasteiger partial charge is 0.480 e. The number of amides is 1. The minimum atomic E-state index is -3.22. The molecule has 1 aliphatic carbocycles. The highest BCUT2D eigenvalue weighted by Gasteiger charge is 2.33. The molecule has 0 bridgehead atoms. The zero-order valence-corrected chi connectivity index (χ0v) is 13.9. The molecule has 23 heavy (non-hydrogen) atoms. The SMILES string of the molecule is CCS(=O)(=O)c1ccc(CCC(=O)N(CC(=O)O)C2CC2)cc1. The van der Waals surface area contributed by atoms with E-state index in [0.717, 1.165) is 18.4 Å². The van der Waals surface area contributed by atoms with Crippen molar-refractivity contribution in [1.29, 1.82) is 0 Å². The van der Waals surface area contributed by atoms with E-state index in [2.05, 4.69) is 0 Å². The van der Waals surface area contributed by atoms with Gasteiger partial charge in [0, 0.05) is 12.5 Å². The minimum absolute atomic E-state index is 0.0520. The molecule has 0 heterocycles. The third-order valence-corrected chi connectivity index (χ3v) is 5.65.